The van der Waals surface area contributed by atoms with Gasteiger partial charge in [0.05, 0.1) is 21.8 Å². The normalized spacial score (nSPS) is 11.5. The molecule has 1 aromatic rings. The van der Waals surface area contributed by atoms with Crippen molar-refractivity contribution >= 4 is 22.4 Å². The SMILES string of the molecule is Cc1ccc(S(=O)CC(=O)NCC#N)c(N)c1. The van der Waals surface area contributed by atoms with Crippen LogP contribution in [0.5, 0.6) is 0 Å². The Morgan fingerprint density at radius 2 is 2.29 bits per heavy atom. The van der Waals surface area contributed by atoms with Crippen molar-refractivity contribution in [2.45, 2.75) is 11.8 Å². The number of nitrogen functional groups attached to an aromatic ring is 1. The predicted octanol–water partition coefficient (Wildman–Crippen LogP) is 0.325. The number of nitrogens with one attached hydrogen (secondary N) is 1. The van der Waals surface area contributed by atoms with E-state index >= 15 is 0 Å². The molecule has 0 bridgehead atoms. The second-order valence-electron chi connectivity index (χ2n) is 3.47. The van der Waals surface area contributed by atoms with Crippen LogP contribution in [-0.4, -0.2) is 22.4 Å². The molecule has 0 spiro atoms. The first-order valence-corrected chi connectivity index (χ1v) is 6.24. The molecule has 1 atom stereocenters. The van der Waals surface area contributed by atoms with Crippen LogP contribution in [0, 0.1) is 18.3 Å². The number of carbonyl (C=O) groups excluding carboxylic acids is 1. The van der Waals surface area contributed by atoms with E-state index < -0.39 is 16.7 Å². The molecule has 0 aromatic heterocycles. The summed E-state index contributed by atoms with van der Waals surface area (Å²) in [6, 6.07) is 6.92. The van der Waals surface area contributed by atoms with Gasteiger partial charge in [-0.25, -0.2) is 0 Å². The van der Waals surface area contributed by atoms with Gasteiger partial charge in [-0.05, 0) is 24.6 Å². The summed E-state index contributed by atoms with van der Waals surface area (Å²) in [7, 11) is -1.48. The molecule has 0 fully saturated rings. The molecule has 17 heavy (non-hydrogen) atoms. The quantitative estimate of drug-likeness (QED) is 0.595. The number of carbonyl (C=O) groups is 1. The molecule has 0 saturated carbocycles. The van der Waals surface area contributed by atoms with Crippen molar-refractivity contribution in [1.29, 1.82) is 5.26 Å². The first kappa shape index (κ1) is 13.2. The maximum absolute atomic E-state index is 11.8. The van der Waals surface area contributed by atoms with E-state index in [-0.39, 0.29) is 12.3 Å². The Balaban J connectivity index is 2.71. The van der Waals surface area contributed by atoms with Gasteiger partial charge in [0.1, 0.15) is 12.3 Å². The smallest absolute Gasteiger partial charge is 0.233 e. The number of aryl methyl sites for hydroxylation is 1. The summed E-state index contributed by atoms with van der Waals surface area (Å²) in [5.41, 5.74) is 7.10. The fraction of sp³-hybridized carbons (Fsp3) is 0.273. The highest BCUT2D eigenvalue weighted by atomic mass is 32.2. The second-order valence-corrected chi connectivity index (χ2v) is 4.89. The predicted molar refractivity (Wildman–Crippen MR) is 65.5 cm³/mol. The van der Waals surface area contributed by atoms with Gasteiger partial charge in [-0.1, -0.05) is 6.07 Å². The lowest BCUT2D eigenvalue weighted by atomic mass is 10.2. The van der Waals surface area contributed by atoms with Crippen molar-refractivity contribution in [2.75, 3.05) is 18.0 Å². The third kappa shape index (κ3) is 3.89. The maximum atomic E-state index is 11.8. The monoisotopic (exact) mass is 251 g/mol. The van der Waals surface area contributed by atoms with Crippen molar-refractivity contribution in [2.24, 2.45) is 0 Å². The van der Waals surface area contributed by atoms with Crippen LogP contribution in [0.15, 0.2) is 23.1 Å². The lowest BCUT2D eigenvalue weighted by Gasteiger charge is -2.06. The number of hydrogen-bond donors (Lipinski definition) is 2. The van der Waals surface area contributed by atoms with Gasteiger partial charge in [0.15, 0.2) is 0 Å². The Morgan fingerprint density at radius 1 is 1.59 bits per heavy atom. The summed E-state index contributed by atoms with van der Waals surface area (Å²) in [4.78, 5) is 11.7. The number of amides is 1. The molecule has 1 unspecified atom stereocenters. The zero-order chi connectivity index (χ0) is 12.8. The highest BCUT2D eigenvalue weighted by Crippen LogP contribution is 2.17. The van der Waals surface area contributed by atoms with Crippen molar-refractivity contribution in [1.82, 2.24) is 5.32 Å². The van der Waals surface area contributed by atoms with Crippen LogP contribution in [-0.2, 0) is 15.6 Å². The van der Waals surface area contributed by atoms with Crippen molar-refractivity contribution in [3.8, 4) is 6.07 Å². The van der Waals surface area contributed by atoms with E-state index in [0.29, 0.717) is 10.6 Å². The molecule has 0 aliphatic rings. The number of nitrogens with zero attached hydrogens (tertiary/aromatic N) is 1. The number of benzene rings is 1. The average molecular weight is 251 g/mol. The van der Waals surface area contributed by atoms with Crippen LogP contribution >= 0.6 is 0 Å². The summed E-state index contributed by atoms with van der Waals surface area (Å²) in [5.74, 6) is -0.612. The summed E-state index contributed by atoms with van der Waals surface area (Å²) in [6.45, 7) is 1.79. The summed E-state index contributed by atoms with van der Waals surface area (Å²) >= 11 is 0. The van der Waals surface area contributed by atoms with Crippen LogP contribution in [0.2, 0.25) is 0 Å². The van der Waals surface area contributed by atoms with Gasteiger partial charge >= 0.3 is 0 Å². The minimum Gasteiger partial charge on any atom is -0.398 e. The van der Waals surface area contributed by atoms with Crippen LogP contribution in [0.1, 0.15) is 5.56 Å². The largest absolute Gasteiger partial charge is 0.398 e. The van der Waals surface area contributed by atoms with Gasteiger partial charge in [0.2, 0.25) is 5.91 Å². The Bertz CT molecular complexity index is 494. The first-order valence-electron chi connectivity index (χ1n) is 4.92. The van der Waals surface area contributed by atoms with E-state index in [2.05, 4.69) is 5.32 Å². The molecule has 90 valence electrons. The van der Waals surface area contributed by atoms with Gasteiger partial charge < -0.3 is 11.1 Å². The van der Waals surface area contributed by atoms with E-state index in [9.17, 15) is 9.00 Å². The molecule has 0 aliphatic carbocycles. The fourth-order valence-electron chi connectivity index (χ4n) is 1.26. The maximum Gasteiger partial charge on any atom is 0.233 e. The second kappa shape index (κ2) is 6.01. The highest BCUT2D eigenvalue weighted by Gasteiger charge is 2.12. The Hall–Kier alpha value is -1.87. The number of hydrogen-bond acceptors (Lipinski definition) is 4. The van der Waals surface area contributed by atoms with E-state index in [0.717, 1.165) is 5.56 Å². The lowest BCUT2D eigenvalue weighted by molar-refractivity contribution is -0.118. The number of anilines is 1. The van der Waals surface area contributed by atoms with Gasteiger partial charge in [0, 0.05) is 5.69 Å². The van der Waals surface area contributed by atoms with Crippen molar-refractivity contribution in [3.05, 3.63) is 23.8 Å². The molecule has 5 nitrogen and oxygen atoms in total. The van der Waals surface area contributed by atoms with Gasteiger partial charge in [-0.2, -0.15) is 5.26 Å². The van der Waals surface area contributed by atoms with Gasteiger partial charge in [-0.15, -0.1) is 0 Å². The van der Waals surface area contributed by atoms with Gasteiger partial charge in [-0.3, -0.25) is 9.00 Å². The molecular weight excluding hydrogens is 238 g/mol. The van der Waals surface area contributed by atoms with E-state index in [1.54, 1.807) is 24.3 Å². The standard InChI is InChI=1S/C11H13N3O2S/c1-8-2-3-10(9(13)6-8)17(16)7-11(15)14-5-4-12/h2-3,6H,5,7,13H2,1H3,(H,14,15). The zero-order valence-corrected chi connectivity index (χ0v) is 10.2. The Morgan fingerprint density at radius 3 is 2.88 bits per heavy atom. The molecular formula is C11H13N3O2S. The third-order valence-corrected chi connectivity index (χ3v) is 3.42. The molecule has 3 N–H and O–H groups in total. The molecule has 6 heteroatoms. The topological polar surface area (TPSA) is 96.0 Å². The third-order valence-electron chi connectivity index (χ3n) is 2.04. The van der Waals surface area contributed by atoms with Gasteiger partial charge in [0.25, 0.3) is 0 Å². The van der Waals surface area contributed by atoms with Crippen LogP contribution in [0.25, 0.3) is 0 Å². The summed E-state index contributed by atoms with van der Waals surface area (Å²) in [5, 5.41) is 10.6. The fourth-order valence-corrected chi connectivity index (χ4v) is 2.30. The summed E-state index contributed by atoms with van der Waals surface area (Å²) < 4.78 is 11.8. The van der Waals surface area contributed by atoms with Crippen LogP contribution in [0.3, 0.4) is 0 Å². The number of rotatable bonds is 4. The zero-order valence-electron chi connectivity index (χ0n) is 9.40. The average Bonchev–Trinajstić information content (AvgIpc) is 2.26. The molecule has 0 heterocycles. The lowest BCUT2D eigenvalue weighted by Crippen LogP contribution is -2.28. The molecule has 1 amide bonds. The molecule has 1 aromatic carbocycles. The minimum absolute atomic E-state index is 0.0839. The number of nitrogens with two attached hydrogens (primary N) is 1. The molecule has 0 aliphatic heterocycles. The van der Waals surface area contributed by atoms with Crippen LogP contribution in [0.4, 0.5) is 5.69 Å². The molecule has 0 radical (unpaired) electrons. The van der Waals surface area contributed by atoms with E-state index in [1.807, 2.05) is 6.92 Å². The van der Waals surface area contributed by atoms with Crippen molar-refractivity contribution in [3.63, 3.8) is 0 Å². The minimum atomic E-state index is -1.48. The first-order chi connectivity index (χ1) is 8.04. The Labute approximate surface area is 102 Å². The summed E-state index contributed by atoms with van der Waals surface area (Å²) in [6.07, 6.45) is 0. The molecule has 1 rings (SSSR count). The number of nitriles is 1. The van der Waals surface area contributed by atoms with Crippen LogP contribution < -0.4 is 11.1 Å². The van der Waals surface area contributed by atoms with E-state index in [1.165, 1.54) is 0 Å². The van der Waals surface area contributed by atoms with Crippen molar-refractivity contribution < 1.29 is 9.00 Å². The highest BCUT2D eigenvalue weighted by molar-refractivity contribution is 7.86. The Kier molecular flexibility index (Phi) is 4.67. The molecule has 0 saturated heterocycles. The van der Waals surface area contributed by atoms with E-state index in [4.69, 9.17) is 11.0 Å².